The molecule has 0 spiro atoms. The lowest BCUT2D eigenvalue weighted by atomic mass is 10.2. The molecule has 20 heavy (non-hydrogen) atoms. The minimum atomic E-state index is -0.261. The number of guanidine groups is 1. The van der Waals surface area contributed by atoms with Crippen molar-refractivity contribution >= 4 is 21.9 Å². The Morgan fingerprint density at radius 1 is 1.35 bits per heavy atom. The van der Waals surface area contributed by atoms with Crippen molar-refractivity contribution in [2.45, 2.75) is 19.9 Å². The number of nitrogens with one attached hydrogen (secondary N) is 2. The second-order valence-electron chi connectivity index (χ2n) is 4.25. The Hall–Kier alpha value is -1.14. The molecule has 0 aliphatic carbocycles. The van der Waals surface area contributed by atoms with Crippen LogP contribution in [0.15, 0.2) is 27.7 Å². The third-order valence-corrected chi connectivity index (χ3v) is 2.96. The predicted molar refractivity (Wildman–Crippen MR) is 83.4 cm³/mol. The molecule has 4 nitrogen and oxygen atoms in total. The topological polar surface area (TPSA) is 45.7 Å². The number of hydrogen-bond donors (Lipinski definition) is 2. The van der Waals surface area contributed by atoms with Gasteiger partial charge in [-0.3, -0.25) is 0 Å². The highest BCUT2D eigenvalue weighted by atomic mass is 79.9. The molecule has 6 heteroatoms. The zero-order chi connectivity index (χ0) is 14.8. The molecule has 0 amide bonds. The van der Waals surface area contributed by atoms with Gasteiger partial charge in [-0.25, -0.2) is 9.38 Å². The summed E-state index contributed by atoms with van der Waals surface area (Å²) < 4.78 is 19.0. The first-order chi connectivity index (χ1) is 9.65. The maximum atomic E-state index is 13.3. The Bertz CT molecular complexity index is 420. The van der Waals surface area contributed by atoms with E-state index in [-0.39, 0.29) is 5.82 Å². The van der Waals surface area contributed by atoms with E-state index in [0.717, 1.165) is 35.5 Å². The summed E-state index contributed by atoms with van der Waals surface area (Å²) in [7, 11) is 1.68. The highest BCUT2D eigenvalue weighted by Crippen LogP contribution is 2.15. The molecule has 0 bridgehead atoms. The van der Waals surface area contributed by atoms with Gasteiger partial charge in [0.1, 0.15) is 5.82 Å². The molecule has 112 valence electrons. The molecule has 1 aromatic rings. The number of methoxy groups -OCH3 is 1. The van der Waals surface area contributed by atoms with Gasteiger partial charge < -0.3 is 15.4 Å². The van der Waals surface area contributed by atoms with Crippen LogP contribution in [-0.4, -0.2) is 32.8 Å². The van der Waals surface area contributed by atoms with Crippen molar-refractivity contribution in [2.24, 2.45) is 4.99 Å². The van der Waals surface area contributed by atoms with Crippen LogP contribution in [0.1, 0.15) is 18.9 Å². The number of hydrogen-bond acceptors (Lipinski definition) is 2. The van der Waals surface area contributed by atoms with Crippen molar-refractivity contribution in [3.05, 3.63) is 34.1 Å². The third kappa shape index (κ3) is 6.86. The average molecular weight is 346 g/mol. The number of halogens is 2. The first-order valence-electron chi connectivity index (χ1n) is 6.61. The third-order valence-electron chi connectivity index (χ3n) is 2.50. The largest absolute Gasteiger partial charge is 0.385 e. The van der Waals surface area contributed by atoms with Gasteiger partial charge in [0.15, 0.2) is 5.96 Å². The summed E-state index contributed by atoms with van der Waals surface area (Å²) >= 11 is 3.28. The van der Waals surface area contributed by atoms with Crippen LogP contribution in [0.5, 0.6) is 0 Å². The summed E-state index contributed by atoms with van der Waals surface area (Å²) in [5.74, 6) is 0.464. The van der Waals surface area contributed by atoms with Gasteiger partial charge in [-0.1, -0.05) is 15.9 Å². The molecule has 0 aliphatic rings. The molecule has 0 saturated carbocycles. The molecule has 0 atom stereocenters. The van der Waals surface area contributed by atoms with Gasteiger partial charge in [0.2, 0.25) is 0 Å². The van der Waals surface area contributed by atoms with E-state index in [1.165, 1.54) is 12.1 Å². The summed E-state index contributed by atoms with van der Waals surface area (Å²) in [6.45, 7) is 4.71. The van der Waals surface area contributed by atoms with Crippen LogP contribution in [0.25, 0.3) is 0 Å². The maximum Gasteiger partial charge on any atom is 0.191 e. The van der Waals surface area contributed by atoms with E-state index in [0.29, 0.717) is 13.2 Å². The van der Waals surface area contributed by atoms with Gasteiger partial charge in [0.25, 0.3) is 0 Å². The van der Waals surface area contributed by atoms with Gasteiger partial charge in [-0.05, 0) is 37.1 Å². The molecule has 0 aromatic heterocycles. The number of rotatable bonds is 7. The quantitative estimate of drug-likeness (QED) is 0.453. The smallest absolute Gasteiger partial charge is 0.191 e. The molecule has 0 unspecified atom stereocenters. The van der Waals surface area contributed by atoms with Crippen molar-refractivity contribution in [2.75, 3.05) is 26.8 Å². The van der Waals surface area contributed by atoms with Crippen LogP contribution in [0.3, 0.4) is 0 Å². The first-order valence-corrected chi connectivity index (χ1v) is 7.41. The van der Waals surface area contributed by atoms with Crippen molar-refractivity contribution < 1.29 is 9.13 Å². The second kappa shape index (κ2) is 9.72. The number of aliphatic imine (C=N–C) groups is 1. The molecule has 0 aliphatic heterocycles. The second-order valence-corrected chi connectivity index (χ2v) is 5.16. The molecule has 0 radical (unpaired) electrons. The molecular formula is C14H21BrFN3O. The summed E-state index contributed by atoms with van der Waals surface area (Å²) in [6, 6.07) is 4.78. The fourth-order valence-electron chi connectivity index (χ4n) is 1.64. The Labute approximate surface area is 127 Å². The fraction of sp³-hybridized carbons (Fsp3) is 0.500. The lowest BCUT2D eigenvalue weighted by molar-refractivity contribution is 0.195. The van der Waals surface area contributed by atoms with Crippen molar-refractivity contribution in [3.8, 4) is 0 Å². The monoisotopic (exact) mass is 345 g/mol. The van der Waals surface area contributed by atoms with Gasteiger partial charge >= 0.3 is 0 Å². The van der Waals surface area contributed by atoms with Gasteiger partial charge in [-0.2, -0.15) is 0 Å². The summed E-state index contributed by atoms with van der Waals surface area (Å²) in [5.41, 5.74) is 0.825. The Morgan fingerprint density at radius 3 is 2.80 bits per heavy atom. The fourth-order valence-corrected chi connectivity index (χ4v) is 2.15. The summed E-state index contributed by atoms with van der Waals surface area (Å²) in [6.07, 6.45) is 0.909. The van der Waals surface area contributed by atoms with Crippen LogP contribution in [0, 0.1) is 5.82 Å². The Balaban J connectivity index is 2.56. The highest BCUT2D eigenvalue weighted by molar-refractivity contribution is 9.10. The van der Waals surface area contributed by atoms with Crippen LogP contribution in [0.2, 0.25) is 0 Å². The molecule has 0 fully saturated rings. The predicted octanol–water partition coefficient (Wildman–Crippen LogP) is 2.68. The highest BCUT2D eigenvalue weighted by Gasteiger charge is 2.00. The SMILES string of the molecule is CCNC(=NCc1cc(F)cc(Br)c1)NCCCOC. The van der Waals surface area contributed by atoms with Crippen LogP contribution >= 0.6 is 15.9 Å². The zero-order valence-corrected chi connectivity index (χ0v) is 13.5. The Kier molecular flexibility index (Phi) is 8.22. The molecule has 2 N–H and O–H groups in total. The van der Waals surface area contributed by atoms with Crippen molar-refractivity contribution in [1.82, 2.24) is 10.6 Å². The van der Waals surface area contributed by atoms with Gasteiger partial charge in [0.05, 0.1) is 6.54 Å². The molecule has 0 saturated heterocycles. The number of benzene rings is 1. The average Bonchev–Trinajstić information content (AvgIpc) is 2.39. The molecule has 1 rings (SSSR count). The van der Waals surface area contributed by atoms with E-state index < -0.39 is 0 Å². The van der Waals surface area contributed by atoms with Crippen LogP contribution in [0.4, 0.5) is 4.39 Å². The molecule has 1 aromatic carbocycles. The Morgan fingerprint density at radius 2 is 2.15 bits per heavy atom. The van der Waals surface area contributed by atoms with E-state index in [4.69, 9.17) is 4.74 Å². The van der Waals surface area contributed by atoms with E-state index in [2.05, 4.69) is 31.6 Å². The van der Waals surface area contributed by atoms with Crippen molar-refractivity contribution in [1.29, 1.82) is 0 Å². The van der Waals surface area contributed by atoms with Crippen LogP contribution in [-0.2, 0) is 11.3 Å². The van der Waals surface area contributed by atoms with Gasteiger partial charge in [-0.15, -0.1) is 0 Å². The standard InChI is InChI=1S/C14H21BrFN3O/c1-3-17-14(18-5-4-6-20-2)19-10-11-7-12(15)9-13(16)8-11/h7-9H,3-6,10H2,1-2H3,(H2,17,18,19). The van der Waals surface area contributed by atoms with E-state index in [1.54, 1.807) is 7.11 Å². The number of ether oxygens (including phenoxy) is 1. The summed E-state index contributed by atoms with van der Waals surface area (Å²) in [5, 5.41) is 6.36. The van der Waals surface area contributed by atoms with Crippen molar-refractivity contribution in [3.63, 3.8) is 0 Å². The molecular weight excluding hydrogens is 325 g/mol. The number of nitrogens with zero attached hydrogens (tertiary/aromatic N) is 1. The lowest BCUT2D eigenvalue weighted by Gasteiger charge is -2.11. The lowest BCUT2D eigenvalue weighted by Crippen LogP contribution is -2.38. The summed E-state index contributed by atoms with van der Waals surface area (Å²) in [4.78, 5) is 4.43. The normalized spacial score (nSPS) is 11.5. The van der Waals surface area contributed by atoms with E-state index >= 15 is 0 Å². The maximum absolute atomic E-state index is 13.3. The zero-order valence-electron chi connectivity index (χ0n) is 11.9. The molecule has 0 heterocycles. The van der Waals surface area contributed by atoms with E-state index in [1.807, 2.05) is 13.0 Å². The first kappa shape index (κ1) is 16.9. The van der Waals surface area contributed by atoms with Gasteiger partial charge in [0, 0.05) is 31.3 Å². The van der Waals surface area contributed by atoms with E-state index in [9.17, 15) is 4.39 Å². The minimum absolute atomic E-state index is 0.261. The minimum Gasteiger partial charge on any atom is -0.385 e. The van der Waals surface area contributed by atoms with Crippen LogP contribution < -0.4 is 10.6 Å².